The second-order valence-corrected chi connectivity index (χ2v) is 7.89. The van der Waals surface area contributed by atoms with E-state index in [9.17, 15) is 19.2 Å². The zero-order valence-electron chi connectivity index (χ0n) is 18.1. The van der Waals surface area contributed by atoms with E-state index in [2.05, 4.69) is 27.8 Å². The molecule has 0 bridgehead atoms. The van der Waals surface area contributed by atoms with Crippen LogP contribution in [0.5, 0.6) is 0 Å². The van der Waals surface area contributed by atoms with E-state index < -0.39 is 35.9 Å². The Morgan fingerprint density at radius 2 is 1.77 bits per heavy atom. The Morgan fingerprint density at radius 3 is 2.35 bits per heavy atom. The lowest BCUT2D eigenvalue weighted by molar-refractivity contribution is -0.133. The summed E-state index contributed by atoms with van der Waals surface area (Å²) in [5, 5.41) is 8.06. The first-order valence-corrected chi connectivity index (χ1v) is 10.4. The molecule has 3 N–H and O–H groups in total. The van der Waals surface area contributed by atoms with Gasteiger partial charge in [-0.15, -0.1) is 0 Å². The quantitative estimate of drug-likeness (QED) is 0.388. The summed E-state index contributed by atoms with van der Waals surface area (Å²) in [6, 6.07) is 6.95. The van der Waals surface area contributed by atoms with Crippen LogP contribution in [0.15, 0.2) is 42.5 Å². The van der Waals surface area contributed by atoms with Gasteiger partial charge in [0.25, 0.3) is 0 Å². The summed E-state index contributed by atoms with van der Waals surface area (Å²) in [7, 11) is 0. The Balaban J connectivity index is 2.07. The molecular formula is C24H29N3O4. The predicted molar refractivity (Wildman–Crippen MR) is 118 cm³/mol. The minimum Gasteiger partial charge on any atom is -0.345 e. The van der Waals surface area contributed by atoms with Gasteiger partial charge in [0.05, 0.1) is 12.0 Å². The van der Waals surface area contributed by atoms with Crippen LogP contribution >= 0.6 is 0 Å². The molecule has 0 heterocycles. The summed E-state index contributed by atoms with van der Waals surface area (Å²) < 4.78 is 0. The highest BCUT2D eigenvalue weighted by atomic mass is 16.2. The van der Waals surface area contributed by atoms with Gasteiger partial charge in [0.15, 0.2) is 0 Å². The highest BCUT2D eigenvalue weighted by molar-refractivity contribution is 5.93. The third-order valence-corrected chi connectivity index (χ3v) is 5.01. The van der Waals surface area contributed by atoms with Gasteiger partial charge in [-0.05, 0) is 24.5 Å². The molecular weight excluding hydrogens is 394 g/mol. The average molecular weight is 424 g/mol. The van der Waals surface area contributed by atoms with E-state index in [0.717, 1.165) is 5.56 Å². The molecule has 3 amide bonds. The number of rotatable bonds is 10. The maximum absolute atomic E-state index is 12.9. The van der Waals surface area contributed by atoms with E-state index in [-0.39, 0.29) is 18.2 Å². The van der Waals surface area contributed by atoms with Crippen LogP contribution < -0.4 is 16.0 Å². The molecule has 7 nitrogen and oxygen atoms in total. The minimum atomic E-state index is -0.871. The SMILES string of the molecule is CC(NC(=O)C(Cc1ccccc1)NC(=O)C1C=CC#CC1)C(=O)NC(C=O)C(C)C. The van der Waals surface area contributed by atoms with E-state index in [1.807, 2.05) is 44.2 Å². The van der Waals surface area contributed by atoms with Crippen LogP contribution in [-0.2, 0) is 25.6 Å². The molecule has 4 unspecified atom stereocenters. The van der Waals surface area contributed by atoms with Crippen LogP contribution in [-0.4, -0.2) is 42.1 Å². The predicted octanol–water partition coefficient (Wildman–Crippen LogP) is 1.14. The number of carbonyl (C=O) groups excluding carboxylic acids is 4. The number of hydrogen-bond acceptors (Lipinski definition) is 4. The number of aldehydes is 1. The van der Waals surface area contributed by atoms with Gasteiger partial charge < -0.3 is 20.7 Å². The summed E-state index contributed by atoms with van der Waals surface area (Å²) >= 11 is 0. The van der Waals surface area contributed by atoms with E-state index >= 15 is 0 Å². The monoisotopic (exact) mass is 423 g/mol. The summed E-state index contributed by atoms with van der Waals surface area (Å²) in [5.74, 6) is 3.94. The Morgan fingerprint density at radius 1 is 1.06 bits per heavy atom. The van der Waals surface area contributed by atoms with E-state index in [0.29, 0.717) is 12.7 Å². The molecule has 0 fully saturated rings. The van der Waals surface area contributed by atoms with E-state index in [4.69, 9.17) is 0 Å². The maximum Gasteiger partial charge on any atom is 0.243 e. The van der Waals surface area contributed by atoms with Gasteiger partial charge in [0.2, 0.25) is 17.7 Å². The fourth-order valence-electron chi connectivity index (χ4n) is 3.00. The van der Waals surface area contributed by atoms with Gasteiger partial charge in [-0.2, -0.15) is 0 Å². The molecule has 1 aliphatic carbocycles. The second-order valence-electron chi connectivity index (χ2n) is 7.89. The van der Waals surface area contributed by atoms with Crippen molar-refractivity contribution in [3.05, 3.63) is 48.0 Å². The number of amides is 3. The van der Waals surface area contributed by atoms with Gasteiger partial charge in [-0.1, -0.05) is 62.1 Å². The third-order valence-electron chi connectivity index (χ3n) is 5.01. The lowest BCUT2D eigenvalue weighted by Crippen LogP contribution is -2.55. The maximum atomic E-state index is 12.9. The molecule has 0 aromatic heterocycles. The molecule has 2 rings (SSSR count). The molecule has 0 saturated heterocycles. The van der Waals surface area contributed by atoms with Gasteiger partial charge in [0, 0.05) is 12.8 Å². The summed E-state index contributed by atoms with van der Waals surface area (Å²) in [6.45, 7) is 5.17. The van der Waals surface area contributed by atoms with Crippen molar-refractivity contribution in [3.63, 3.8) is 0 Å². The number of nitrogens with one attached hydrogen (secondary N) is 3. The molecule has 0 spiro atoms. The van der Waals surface area contributed by atoms with Crippen LogP contribution in [0.4, 0.5) is 0 Å². The number of carbonyl (C=O) groups is 4. The van der Waals surface area contributed by atoms with Crippen LogP contribution in [0.1, 0.15) is 32.8 Å². The first-order valence-electron chi connectivity index (χ1n) is 10.4. The summed E-state index contributed by atoms with van der Waals surface area (Å²) in [6.07, 6.45) is 4.69. The van der Waals surface area contributed by atoms with Crippen LogP contribution in [0.25, 0.3) is 0 Å². The second kappa shape index (κ2) is 11.7. The molecule has 7 heteroatoms. The fraction of sp³-hybridized carbons (Fsp3) is 0.417. The molecule has 1 aromatic rings. The van der Waals surface area contributed by atoms with Gasteiger partial charge in [-0.25, -0.2) is 0 Å². The zero-order chi connectivity index (χ0) is 22.8. The van der Waals surface area contributed by atoms with Gasteiger partial charge in [0.1, 0.15) is 18.4 Å². The summed E-state index contributed by atoms with van der Waals surface area (Å²) in [4.78, 5) is 49.2. The third kappa shape index (κ3) is 7.41. The van der Waals surface area contributed by atoms with Crippen molar-refractivity contribution in [2.75, 3.05) is 0 Å². The largest absolute Gasteiger partial charge is 0.345 e. The van der Waals surface area contributed by atoms with Crippen molar-refractivity contribution in [2.45, 2.75) is 51.7 Å². The Hall–Kier alpha value is -3.40. The lowest BCUT2D eigenvalue weighted by atomic mass is 9.99. The summed E-state index contributed by atoms with van der Waals surface area (Å²) in [5.41, 5.74) is 0.875. The zero-order valence-corrected chi connectivity index (χ0v) is 18.1. The first-order chi connectivity index (χ1) is 14.8. The van der Waals surface area contributed by atoms with E-state index in [1.54, 1.807) is 12.2 Å². The Labute approximate surface area is 183 Å². The molecule has 4 atom stereocenters. The highest BCUT2D eigenvalue weighted by Crippen LogP contribution is 2.10. The van der Waals surface area contributed by atoms with Crippen molar-refractivity contribution < 1.29 is 19.2 Å². The molecule has 1 aromatic carbocycles. The minimum absolute atomic E-state index is 0.0684. The van der Waals surface area contributed by atoms with Crippen molar-refractivity contribution in [3.8, 4) is 11.8 Å². The highest BCUT2D eigenvalue weighted by Gasteiger charge is 2.28. The Bertz CT molecular complexity index is 883. The normalized spacial score (nSPS) is 17.5. The van der Waals surface area contributed by atoms with Gasteiger partial charge >= 0.3 is 0 Å². The Kier molecular flexibility index (Phi) is 9.01. The number of benzene rings is 1. The number of hydrogen-bond donors (Lipinski definition) is 3. The van der Waals surface area contributed by atoms with Crippen LogP contribution in [0.3, 0.4) is 0 Å². The first kappa shape index (κ1) is 23.9. The molecule has 0 saturated carbocycles. The van der Waals surface area contributed by atoms with Crippen LogP contribution in [0.2, 0.25) is 0 Å². The molecule has 164 valence electrons. The van der Waals surface area contributed by atoms with Crippen molar-refractivity contribution >= 4 is 24.0 Å². The topological polar surface area (TPSA) is 104 Å². The van der Waals surface area contributed by atoms with Crippen molar-refractivity contribution in [1.29, 1.82) is 0 Å². The molecule has 1 aliphatic rings. The average Bonchev–Trinajstić information content (AvgIpc) is 2.77. The number of allylic oxidation sites excluding steroid dienone is 1. The molecule has 31 heavy (non-hydrogen) atoms. The smallest absolute Gasteiger partial charge is 0.243 e. The molecule has 0 radical (unpaired) electrons. The van der Waals surface area contributed by atoms with E-state index in [1.165, 1.54) is 6.92 Å². The van der Waals surface area contributed by atoms with Crippen molar-refractivity contribution in [2.24, 2.45) is 11.8 Å². The van der Waals surface area contributed by atoms with Gasteiger partial charge in [-0.3, -0.25) is 14.4 Å². The standard InChI is InChI=1S/C24H29N3O4/c1-16(2)21(15-28)27-22(29)17(3)25-24(31)20(14-18-10-6-4-7-11-18)26-23(30)19-12-8-5-9-13-19/h4,6-8,10-12,15-17,19-21H,13-14H2,1-3H3,(H,25,31)(H,26,30)(H,27,29). The van der Waals surface area contributed by atoms with Crippen LogP contribution in [0, 0.1) is 23.7 Å². The fourth-order valence-corrected chi connectivity index (χ4v) is 3.00. The molecule has 0 aliphatic heterocycles. The van der Waals surface area contributed by atoms with Crippen molar-refractivity contribution in [1.82, 2.24) is 16.0 Å². The lowest BCUT2D eigenvalue weighted by Gasteiger charge is -2.24.